The van der Waals surface area contributed by atoms with E-state index in [1.54, 1.807) is 35.2 Å². The summed E-state index contributed by atoms with van der Waals surface area (Å²) in [4.78, 5) is 41.8. The monoisotopic (exact) mass is 524 g/mol. The second-order valence-electron chi connectivity index (χ2n) is 10.8. The number of benzene rings is 3. The van der Waals surface area contributed by atoms with Gasteiger partial charge >= 0.3 is 0 Å². The van der Waals surface area contributed by atoms with Gasteiger partial charge in [-0.05, 0) is 80.5 Å². The Hall–Kier alpha value is -3.97. The number of aryl methyl sites for hydroxylation is 1. The normalized spacial score (nSPS) is 20.9. The number of hydrogen-bond acceptors (Lipinski definition) is 4. The molecular weight excluding hydrogens is 488 g/mol. The quantitative estimate of drug-likeness (QED) is 0.411. The summed E-state index contributed by atoms with van der Waals surface area (Å²) in [6, 6.07) is 21.6. The number of anilines is 2. The maximum atomic E-state index is 13.9. The topological polar surface area (TPSA) is 105 Å². The first-order valence-electron chi connectivity index (χ1n) is 13.8. The van der Waals surface area contributed by atoms with Gasteiger partial charge in [0.15, 0.2) is 0 Å². The third-order valence-electron chi connectivity index (χ3n) is 7.96. The van der Waals surface area contributed by atoms with Crippen molar-refractivity contribution in [2.24, 2.45) is 17.6 Å². The molecule has 1 saturated carbocycles. The molecule has 3 aromatic carbocycles. The minimum Gasteiger partial charge on any atom is -0.352 e. The summed E-state index contributed by atoms with van der Waals surface area (Å²) in [5.74, 6) is 0.340. The van der Waals surface area contributed by atoms with Crippen LogP contribution in [0.15, 0.2) is 72.8 Å². The van der Waals surface area contributed by atoms with Crippen molar-refractivity contribution in [3.63, 3.8) is 0 Å². The fourth-order valence-electron chi connectivity index (χ4n) is 5.79. The Kier molecular flexibility index (Phi) is 8.07. The van der Waals surface area contributed by atoms with Crippen molar-refractivity contribution >= 4 is 29.1 Å². The minimum absolute atomic E-state index is 0.0990. The predicted molar refractivity (Wildman–Crippen MR) is 154 cm³/mol. The van der Waals surface area contributed by atoms with E-state index in [0.717, 1.165) is 36.8 Å². The molecule has 3 atom stereocenters. The summed E-state index contributed by atoms with van der Waals surface area (Å²) >= 11 is 0. The van der Waals surface area contributed by atoms with Crippen molar-refractivity contribution in [2.45, 2.75) is 45.1 Å². The highest BCUT2D eigenvalue weighted by Crippen LogP contribution is 2.40. The highest BCUT2D eigenvalue weighted by Gasteiger charge is 2.34. The first kappa shape index (κ1) is 26.6. The molecule has 202 valence electrons. The van der Waals surface area contributed by atoms with E-state index in [1.165, 1.54) is 0 Å². The van der Waals surface area contributed by atoms with E-state index >= 15 is 0 Å². The smallest absolute Gasteiger partial charge is 0.258 e. The van der Waals surface area contributed by atoms with Gasteiger partial charge < -0.3 is 16.4 Å². The van der Waals surface area contributed by atoms with Crippen molar-refractivity contribution < 1.29 is 14.4 Å². The van der Waals surface area contributed by atoms with Crippen molar-refractivity contribution in [2.75, 3.05) is 23.3 Å². The zero-order chi connectivity index (χ0) is 27.4. The summed E-state index contributed by atoms with van der Waals surface area (Å²) in [7, 11) is 0. The molecule has 1 aliphatic carbocycles. The highest BCUT2D eigenvalue weighted by atomic mass is 16.2. The molecule has 1 heterocycles. The van der Waals surface area contributed by atoms with E-state index in [2.05, 4.69) is 10.6 Å². The second kappa shape index (κ2) is 11.8. The Bertz CT molecular complexity index is 1340. The van der Waals surface area contributed by atoms with Gasteiger partial charge in [-0.3, -0.25) is 19.3 Å². The Labute approximate surface area is 229 Å². The Balaban J connectivity index is 1.45. The molecule has 0 radical (unpaired) electrons. The number of carbonyl (C=O) groups is 3. The molecule has 1 aliphatic heterocycles. The van der Waals surface area contributed by atoms with Gasteiger partial charge in [-0.1, -0.05) is 54.4 Å². The molecule has 5 rings (SSSR count). The predicted octanol–water partition coefficient (Wildman–Crippen LogP) is 5.22. The van der Waals surface area contributed by atoms with Gasteiger partial charge in [-0.25, -0.2) is 0 Å². The Morgan fingerprint density at radius 1 is 0.974 bits per heavy atom. The molecule has 3 unspecified atom stereocenters. The zero-order valence-electron chi connectivity index (χ0n) is 22.4. The zero-order valence-corrected chi connectivity index (χ0v) is 22.4. The first-order chi connectivity index (χ1) is 18.9. The first-order valence-corrected chi connectivity index (χ1v) is 13.8. The van der Waals surface area contributed by atoms with Crippen LogP contribution in [0.25, 0.3) is 0 Å². The van der Waals surface area contributed by atoms with Gasteiger partial charge in [0.2, 0.25) is 5.91 Å². The van der Waals surface area contributed by atoms with Crippen LogP contribution < -0.4 is 21.3 Å². The summed E-state index contributed by atoms with van der Waals surface area (Å²) in [6.45, 7) is 3.30. The molecule has 4 N–H and O–H groups in total. The number of hydrogen-bond donors (Lipinski definition) is 3. The lowest BCUT2D eigenvalue weighted by atomic mass is 9.81. The lowest BCUT2D eigenvalue weighted by Gasteiger charge is -2.31. The second-order valence-corrected chi connectivity index (χ2v) is 10.8. The van der Waals surface area contributed by atoms with E-state index in [0.29, 0.717) is 47.4 Å². The van der Waals surface area contributed by atoms with Gasteiger partial charge in [0, 0.05) is 17.7 Å². The van der Waals surface area contributed by atoms with Crippen LogP contribution in [-0.2, 0) is 4.79 Å². The molecule has 0 aromatic heterocycles. The van der Waals surface area contributed by atoms with Gasteiger partial charge in [-0.15, -0.1) is 0 Å². The summed E-state index contributed by atoms with van der Waals surface area (Å²) < 4.78 is 0. The number of nitrogens with zero attached hydrogens (tertiary/aromatic N) is 1. The van der Waals surface area contributed by atoms with Gasteiger partial charge in [-0.2, -0.15) is 0 Å². The maximum Gasteiger partial charge on any atom is 0.258 e. The lowest BCUT2D eigenvalue weighted by molar-refractivity contribution is -0.116. The van der Waals surface area contributed by atoms with Crippen molar-refractivity contribution in [1.29, 1.82) is 0 Å². The molecule has 1 fully saturated rings. The van der Waals surface area contributed by atoms with Gasteiger partial charge in [0.25, 0.3) is 11.8 Å². The molecule has 0 spiro atoms. The van der Waals surface area contributed by atoms with Crippen LogP contribution in [0.5, 0.6) is 0 Å². The third kappa shape index (κ3) is 6.04. The summed E-state index contributed by atoms with van der Waals surface area (Å²) in [5, 5.41) is 6.03. The number of rotatable bonds is 6. The SMILES string of the molecule is Cc1ccc(C2CC(=O)Nc3cc(C(=O)NCC4CCCC(CN)C4)ccc3N2C(=O)c2ccccc2)cc1. The van der Waals surface area contributed by atoms with Crippen LogP contribution in [0.4, 0.5) is 11.4 Å². The lowest BCUT2D eigenvalue weighted by Crippen LogP contribution is -2.35. The molecule has 2 aliphatic rings. The van der Waals surface area contributed by atoms with Crippen molar-refractivity contribution in [1.82, 2.24) is 5.32 Å². The maximum absolute atomic E-state index is 13.9. The number of nitrogens with one attached hydrogen (secondary N) is 2. The van der Waals surface area contributed by atoms with Crippen LogP contribution in [0.3, 0.4) is 0 Å². The fourth-order valence-corrected chi connectivity index (χ4v) is 5.79. The number of amides is 3. The average Bonchev–Trinajstić information content (AvgIpc) is 3.11. The summed E-state index contributed by atoms with van der Waals surface area (Å²) in [6.07, 6.45) is 4.53. The minimum atomic E-state index is -0.499. The molecule has 39 heavy (non-hydrogen) atoms. The largest absolute Gasteiger partial charge is 0.352 e. The van der Waals surface area contributed by atoms with Crippen molar-refractivity contribution in [3.8, 4) is 0 Å². The standard InChI is InChI=1S/C32H36N4O3/c1-21-10-12-24(13-11-21)29-18-30(37)35-27-17-26(31(38)34-20-23-7-5-6-22(16-23)19-33)14-15-28(27)36(29)32(39)25-8-3-2-4-9-25/h2-4,8-15,17,22-23,29H,5-7,16,18-20,33H2,1H3,(H,34,38)(H,35,37). The van der Waals surface area contributed by atoms with Crippen LogP contribution in [0, 0.1) is 18.8 Å². The van der Waals surface area contributed by atoms with E-state index in [-0.39, 0.29) is 24.1 Å². The molecule has 0 saturated heterocycles. The summed E-state index contributed by atoms with van der Waals surface area (Å²) in [5.41, 5.74) is 9.83. The van der Waals surface area contributed by atoms with Crippen LogP contribution in [-0.4, -0.2) is 30.8 Å². The van der Waals surface area contributed by atoms with E-state index in [4.69, 9.17) is 5.73 Å². The molecule has 7 nitrogen and oxygen atoms in total. The number of fused-ring (bicyclic) bond motifs is 1. The van der Waals surface area contributed by atoms with Crippen LogP contribution in [0.2, 0.25) is 0 Å². The highest BCUT2D eigenvalue weighted by molar-refractivity contribution is 6.12. The average molecular weight is 525 g/mol. The number of carbonyl (C=O) groups excluding carboxylic acids is 3. The van der Waals surface area contributed by atoms with E-state index in [1.807, 2.05) is 49.4 Å². The third-order valence-corrected chi connectivity index (χ3v) is 7.96. The number of nitrogens with two attached hydrogens (primary N) is 1. The molecular formula is C32H36N4O3. The molecule has 3 amide bonds. The fraction of sp³-hybridized carbons (Fsp3) is 0.344. The van der Waals surface area contributed by atoms with E-state index < -0.39 is 6.04 Å². The van der Waals surface area contributed by atoms with E-state index in [9.17, 15) is 14.4 Å². The molecule has 7 heteroatoms. The molecule has 3 aromatic rings. The molecule has 0 bridgehead atoms. The van der Waals surface area contributed by atoms with Gasteiger partial charge in [0.1, 0.15) is 0 Å². The Morgan fingerprint density at radius 2 is 1.72 bits per heavy atom. The van der Waals surface area contributed by atoms with Crippen molar-refractivity contribution in [3.05, 3.63) is 95.1 Å². The Morgan fingerprint density at radius 3 is 2.46 bits per heavy atom. The van der Waals surface area contributed by atoms with Crippen LogP contribution in [0.1, 0.15) is 70.0 Å². The van der Waals surface area contributed by atoms with Crippen LogP contribution >= 0.6 is 0 Å². The van der Waals surface area contributed by atoms with Gasteiger partial charge in [0.05, 0.1) is 23.8 Å².